The highest BCUT2D eigenvalue weighted by Gasteiger charge is 2.23. The zero-order chi connectivity index (χ0) is 20.0. The van der Waals surface area contributed by atoms with Crippen molar-refractivity contribution in [3.63, 3.8) is 0 Å². The number of carbonyl (C=O) groups excluding carboxylic acids is 1. The minimum absolute atomic E-state index is 0.0591. The van der Waals surface area contributed by atoms with Gasteiger partial charge in [0.1, 0.15) is 11.5 Å². The number of methoxy groups -OCH3 is 1. The van der Waals surface area contributed by atoms with Gasteiger partial charge in [0, 0.05) is 7.05 Å². The van der Waals surface area contributed by atoms with Gasteiger partial charge in [0.05, 0.1) is 29.8 Å². The highest BCUT2D eigenvalue weighted by molar-refractivity contribution is 7.89. The number of sulfonamides is 1. The van der Waals surface area contributed by atoms with Crippen LogP contribution >= 0.6 is 11.6 Å². The van der Waals surface area contributed by atoms with Crippen molar-refractivity contribution in [1.29, 1.82) is 0 Å². The Morgan fingerprint density at radius 3 is 2.56 bits per heavy atom. The largest absolute Gasteiger partial charge is 0.508 e. The maximum atomic E-state index is 12.5. The smallest absolute Gasteiger partial charge is 0.255 e. The average molecular weight is 412 g/mol. The minimum Gasteiger partial charge on any atom is -0.508 e. The second-order valence-electron chi connectivity index (χ2n) is 5.44. The fourth-order valence-corrected chi connectivity index (χ4v) is 3.53. The molecule has 144 valence electrons. The van der Waals surface area contributed by atoms with E-state index in [0.29, 0.717) is 11.3 Å². The normalized spacial score (nSPS) is 11.7. The Hall–Kier alpha value is -2.62. The summed E-state index contributed by atoms with van der Waals surface area (Å²) in [5, 5.41) is 13.1. The van der Waals surface area contributed by atoms with E-state index in [1.807, 2.05) is 0 Å². The molecule has 0 fully saturated rings. The molecule has 0 aliphatic rings. The maximum Gasteiger partial charge on any atom is 0.255 e. The number of hydrogen-bond donors (Lipinski definition) is 2. The third-order valence-corrected chi connectivity index (χ3v) is 5.59. The van der Waals surface area contributed by atoms with E-state index in [1.165, 1.54) is 50.7 Å². The molecule has 0 bridgehead atoms. The molecule has 0 spiro atoms. The van der Waals surface area contributed by atoms with Crippen LogP contribution in [0.1, 0.15) is 5.56 Å². The van der Waals surface area contributed by atoms with Crippen LogP contribution in [-0.2, 0) is 14.8 Å². The van der Waals surface area contributed by atoms with Gasteiger partial charge in [-0.25, -0.2) is 13.8 Å². The van der Waals surface area contributed by atoms with Crippen molar-refractivity contribution in [3.05, 3.63) is 53.1 Å². The van der Waals surface area contributed by atoms with Crippen molar-refractivity contribution in [3.8, 4) is 11.5 Å². The van der Waals surface area contributed by atoms with Crippen LogP contribution in [0.5, 0.6) is 11.5 Å². The first-order valence-corrected chi connectivity index (χ1v) is 9.46. The Labute approximate surface area is 162 Å². The standard InChI is InChI=1S/C17H18ClN3O5S/c1-21(27(24,25)14-7-8-16(26-2)15(18)9-14)11-17(23)20-19-10-12-3-5-13(22)6-4-12/h3-10,22H,11H2,1-2H3,(H,20,23)/b19-10+. The Kier molecular flexibility index (Phi) is 6.78. The van der Waals surface area contributed by atoms with Crippen molar-refractivity contribution in [2.75, 3.05) is 20.7 Å². The van der Waals surface area contributed by atoms with E-state index < -0.39 is 22.5 Å². The molecule has 2 aromatic rings. The molecular weight excluding hydrogens is 394 g/mol. The highest BCUT2D eigenvalue weighted by atomic mass is 35.5. The van der Waals surface area contributed by atoms with Gasteiger partial charge in [-0.05, 0) is 48.0 Å². The number of hydrogen-bond acceptors (Lipinski definition) is 6. The van der Waals surface area contributed by atoms with E-state index in [1.54, 1.807) is 12.1 Å². The topological polar surface area (TPSA) is 108 Å². The Bertz CT molecular complexity index is 946. The van der Waals surface area contributed by atoms with Gasteiger partial charge < -0.3 is 9.84 Å². The molecule has 0 atom stereocenters. The molecule has 0 radical (unpaired) electrons. The zero-order valence-electron chi connectivity index (χ0n) is 14.6. The quantitative estimate of drug-likeness (QED) is 0.533. The lowest BCUT2D eigenvalue weighted by molar-refractivity contribution is -0.121. The molecule has 0 aliphatic carbocycles. The number of phenolic OH excluding ortho intramolecular Hbond substituents is 1. The predicted molar refractivity (Wildman–Crippen MR) is 102 cm³/mol. The number of nitrogens with one attached hydrogen (secondary N) is 1. The number of hydrazone groups is 1. The van der Waals surface area contributed by atoms with Crippen LogP contribution in [-0.4, -0.2) is 50.7 Å². The Morgan fingerprint density at radius 2 is 1.96 bits per heavy atom. The number of benzene rings is 2. The SMILES string of the molecule is COc1ccc(S(=O)(=O)N(C)CC(=O)N/N=C/c2ccc(O)cc2)cc1Cl. The van der Waals surface area contributed by atoms with E-state index >= 15 is 0 Å². The molecule has 27 heavy (non-hydrogen) atoms. The predicted octanol–water partition coefficient (Wildman–Crippen LogP) is 1.82. The number of ether oxygens (including phenoxy) is 1. The molecule has 8 nitrogen and oxygen atoms in total. The molecule has 2 N–H and O–H groups in total. The van der Waals surface area contributed by atoms with E-state index in [2.05, 4.69) is 10.5 Å². The van der Waals surface area contributed by atoms with E-state index in [-0.39, 0.29) is 15.7 Å². The fourth-order valence-electron chi connectivity index (χ4n) is 2.05. The van der Waals surface area contributed by atoms with Crippen LogP contribution in [0.15, 0.2) is 52.5 Å². The molecule has 10 heteroatoms. The monoisotopic (exact) mass is 411 g/mol. The summed E-state index contributed by atoms with van der Waals surface area (Å²) in [7, 11) is -1.21. The van der Waals surface area contributed by atoms with Crippen molar-refractivity contribution in [2.45, 2.75) is 4.90 Å². The first-order valence-electron chi connectivity index (χ1n) is 7.65. The summed E-state index contributed by atoms with van der Waals surface area (Å²) >= 11 is 5.96. The van der Waals surface area contributed by atoms with Crippen molar-refractivity contribution >= 4 is 33.7 Å². The van der Waals surface area contributed by atoms with Gasteiger partial charge in [0.2, 0.25) is 10.0 Å². The van der Waals surface area contributed by atoms with Gasteiger partial charge in [0.25, 0.3) is 5.91 Å². The van der Waals surface area contributed by atoms with E-state index in [4.69, 9.17) is 16.3 Å². The third-order valence-electron chi connectivity index (χ3n) is 3.49. The number of phenols is 1. The molecule has 0 unspecified atom stereocenters. The average Bonchev–Trinajstić information content (AvgIpc) is 2.63. The minimum atomic E-state index is -3.91. The van der Waals surface area contributed by atoms with Crippen LogP contribution in [0.25, 0.3) is 0 Å². The lowest BCUT2D eigenvalue weighted by Gasteiger charge is -2.16. The number of amides is 1. The van der Waals surface area contributed by atoms with Gasteiger partial charge in [-0.15, -0.1) is 0 Å². The van der Waals surface area contributed by atoms with Crippen LogP contribution in [0.3, 0.4) is 0 Å². The molecule has 0 aliphatic heterocycles. The Morgan fingerprint density at radius 1 is 1.30 bits per heavy atom. The second-order valence-corrected chi connectivity index (χ2v) is 7.89. The summed E-state index contributed by atoms with van der Waals surface area (Å²) in [5.41, 5.74) is 2.90. The van der Waals surface area contributed by atoms with Crippen LogP contribution < -0.4 is 10.2 Å². The van der Waals surface area contributed by atoms with Gasteiger partial charge in [-0.3, -0.25) is 4.79 Å². The first kappa shape index (κ1) is 20.7. The molecular formula is C17H18ClN3O5S. The summed E-state index contributed by atoms with van der Waals surface area (Å²) in [4.78, 5) is 11.9. The lowest BCUT2D eigenvalue weighted by Crippen LogP contribution is -2.36. The maximum absolute atomic E-state index is 12.5. The molecule has 2 rings (SSSR count). The highest BCUT2D eigenvalue weighted by Crippen LogP contribution is 2.27. The Balaban J connectivity index is 2.00. The number of halogens is 1. The molecule has 2 aromatic carbocycles. The molecule has 0 aromatic heterocycles. The van der Waals surface area contributed by atoms with Crippen molar-refractivity contribution in [1.82, 2.24) is 9.73 Å². The van der Waals surface area contributed by atoms with Crippen LogP contribution in [0.2, 0.25) is 5.02 Å². The number of rotatable bonds is 7. The fraction of sp³-hybridized carbons (Fsp3) is 0.176. The van der Waals surface area contributed by atoms with Crippen molar-refractivity contribution < 1.29 is 23.1 Å². The van der Waals surface area contributed by atoms with Crippen LogP contribution in [0, 0.1) is 0 Å². The van der Waals surface area contributed by atoms with Crippen molar-refractivity contribution in [2.24, 2.45) is 5.10 Å². The van der Waals surface area contributed by atoms with E-state index in [9.17, 15) is 18.3 Å². The zero-order valence-corrected chi connectivity index (χ0v) is 16.2. The molecule has 1 amide bonds. The lowest BCUT2D eigenvalue weighted by atomic mass is 10.2. The molecule has 0 saturated carbocycles. The number of carbonyl (C=O) groups is 1. The number of aromatic hydroxyl groups is 1. The summed E-state index contributed by atoms with van der Waals surface area (Å²) < 4.78 is 30.9. The molecule has 0 heterocycles. The summed E-state index contributed by atoms with van der Waals surface area (Å²) in [6.07, 6.45) is 1.37. The second kappa shape index (κ2) is 8.85. The molecule has 0 saturated heterocycles. The summed E-state index contributed by atoms with van der Waals surface area (Å²) in [5.74, 6) is -0.156. The first-order chi connectivity index (χ1) is 12.7. The van der Waals surface area contributed by atoms with E-state index in [0.717, 1.165) is 4.31 Å². The third kappa shape index (κ3) is 5.43. The number of nitrogens with zero attached hydrogens (tertiary/aromatic N) is 2. The van der Waals surface area contributed by atoms with Gasteiger partial charge in [-0.2, -0.15) is 9.41 Å². The van der Waals surface area contributed by atoms with Gasteiger partial charge >= 0.3 is 0 Å². The summed E-state index contributed by atoms with van der Waals surface area (Å²) in [6, 6.07) is 10.2. The van der Waals surface area contributed by atoms with Gasteiger partial charge in [0.15, 0.2) is 0 Å². The van der Waals surface area contributed by atoms with Gasteiger partial charge in [-0.1, -0.05) is 11.6 Å². The van der Waals surface area contributed by atoms with Crippen LogP contribution in [0.4, 0.5) is 0 Å². The summed E-state index contributed by atoms with van der Waals surface area (Å²) in [6.45, 7) is -0.432. The number of likely N-dealkylation sites (N-methyl/N-ethyl adjacent to an activating group) is 1.